The Morgan fingerprint density at radius 1 is 0.879 bits per heavy atom. The van der Waals surface area contributed by atoms with Gasteiger partial charge in [-0.2, -0.15) is 5.10 Å². The predicted molar refractivity (Wildman–Crippen MR) is 126 cm³/mol. The highest BCUT2D eigenvalue weighted by molar-refractivity contribution is 5.89. The summed E-state index contributed by atoms with van der Waals surface area (Å²) in [6, 6.07) is 7.62. The summed E-state index contributed by atoms with van der Waals surface area (Å²) in [4.78, 5) is 33.6. The zero-order chi connectivity index (χ0) is 24.7. The van der Waals surface area contributed by atoms with Crippen LogP contribution < -0.4 is 10.3 Å². The average Bonchev–Trinajstić information content (AvgIpc) is 2.72. The lowest BCUT2D eigenvalue weighted by atomic mass is 10.1. The van der Waals surface area contributed by atoms with E-state index in [1.807, 2.05) is 0 Å². The third kappa shape index (κ3) is 6.95. The number of rotatable bonds is 11. The van der Waals surface area contributed by atoms with E-state index in [0.29, 0.717) is 17.4 Å². The van der Waals surface area contributed by atoms with Gasteiger partial charge in [0, 0.05) is 42.5 Å². The van der Waals surface area contributed by atoms with E-state index in [-0.39, 0.29) is 11.4 Å². The smallest absolute Gasteiger partial charge is 0.301 e. The van der Waals surface area contributed by atoms with Crippen molar-refractivity contribution in [1.82, 2.24) is 0 Å². The average molecular weight is 458 g/mol. The number of hydrogen-bond donors (Lipinski definition) is 1. The van der Waals surface area contributed by atoms with Gasteiger partial charge >= 0.3 is 5.69 Å². The number of nitro benzene ring substituents is 3. The summed E-state index contributed by atoms with van der Waals surface area (Å²) >= 11 is 0. The Morgan fingerprint density at radius 3 is 1.94 bits per heavy atom. The Bertz CT molecular complexity index is 1060. The van der Waals surface area contributed by atoms with Crippen LogP contribution in [0.4, 0.5) is 28.4 Å². The molecule has 2 aromatic rings. The van der Waals surface area contributed by atoms with Crippen LogP contribution in [0.5, 0.6) is 0 Å². The number of anilines is 2. The minimum Gasteiger partial charge on any atom is -0.370 e. The number of nitrogens with one attached hydrogen (secondary N) is 1. The Balaban J connectivity index is 2.44. The van der Waals surface area contributed by atoms with Crippen molar-refractivity contribution in [3.8, 4) is 0 Å². The van der Waals surface area contributed by atoms with Crippen LogP contribution in [0.1, 0.15) is 33.3 Å². The molecule has 1 N–H and O–H groups in total. The fourth-order valence-corrected chi connectivity index (χ4v) is 3.25. The van der Waals surface area contributed by atoms with Crippen molar-refractivity contribution < 1.29 is 14.8 Å². The molecule has 0 unspecified atom stereocenters. The summed E-state index contributed by atoms with van der Waals surface area (Å²) in [7, 11) is 0. The first-order valence-electron chi connectivity index (χ1n) is 10.2. The summed E-state index contributed by atoms with van der Waals surface area (Å²) in [5.41, 5.74) is 2.63. The SMILES string of the molecule is CC(C)CN(CC(C)C)c1ccc([N+](=O)[O-])cc1C=NNc1ccc([N+](=O)[O-])cc1[N+](=O)[O-]. The van der Waals surface area contributed by atoms with Gasteiger partial charge in [-0.05, 0) is 24.0 Å². The van der Waals surface area contributed by atoms with Gasteiger partial charge in [0.05, 0.1) is 27.1 Å². The second-order valence-electron chi connectivity index (χ2n) is 8.28. The number of benzene rings is 2. The lowest BCUT2D eigenvalue weighted by Gasteiger charge is -2.29. The molecule has 12 heteroatoms. The summed E-state index contributed by atoms with van der Waals surface area (Å²) in [5, 5.41) is 37.5. The van der Waals surface area contributed by atoms with E-state index >= 15 is 0 Å². The van der Waals surface area contributed by atoms with Gasteiger partial charge in [0.25, 0.3) is 11.4 Å². The van der Waals surface area contributed by atoms with Gasteiger partial charge in [-0.3, -0.25) is 35.8 Å². The van der Waals surface area contributed by atoms with Crippen molar-refractivity contribution in [1.29, 1.82) is 0 Å². The second kappa shape index (κ2) is 11.0. The molecule has 12 nitrogen and oxygen atoms in total. The maximum absolute atomic E-state index is 11.3. The van der Waals surface area contributed by atoms with Crippen LogP contribution >= 0.6 is 0 Å². The Kier molecular flexibility index (Phi) is 8.37. The molecule has 0 radical (unpaired) electrons. The summed E-state index contributed by atoms with van der Waals surface area (Å²) in [5.74, 6) is 0.675. The van der Waals surface area contributed by atoms with Crippen molar-refractivity contribution in [2.24, 2.45) is 16.9 Å². The van der Waals surface area contributed by atoms with Crippen LogP contribution in [0.2, 0.25) is 0 Å². The molecule has 0 aliphatic heterocycles. The zero-order valence-electron chi connectivity index (χ0n) is 18.8. The number of hydrazone groups is 1. The molecule has 0 bridgehead atoms. The molecule has 2 rings (SSSR count). The number of hydrogen-bond acceptors (Lipinski definition) is 9. The molecule has 176 valence electrons. The van der Waals surface area contributed by atoms with Gasteiger partial charge in [-0.25, -0.2) is 0 Å². The van der Waals surface area contributed by atoms with Crippen molar-refractivity contribution in [3.05, 3.63) is 72.3 Å². The molecule has 0 aliphatic carbocycles. The molecule has 0 saturated heterocycles. The highest BCUT2D eigenvalue weighted by Gasteiger charge is 2.20. The van der Waals surface area contributed by atoms with E-state index in [0.717, 1.165) is 30.9 Å². The maximum Gasteiger partial charge on any atom is 0.301 e. The Morgan fingerprint density at radius 2 is 1.42 bits per heavy atom. The van der Waals surface area contributed by atoms with Crippen molar-refractivity contribution in [2.45, 2.75) is 27.7 Å². The summed E-state index contributed by atoms with van der Waals surface area (Å²) in [6.07, 6.45) is 1.35. The van der Waals surface area contributed by atoms with Gasteiger partial charge in [0.2, 0.25) is 0 Å². The van der Waals surface area contributed by atoms with Gasteiger partial charge in [-0.15, -0.1) is 0 Å². The van der Waals surface area contributed by atoms with Crippen molar-refractivity contribution in [3.63, 3.8) is 0 Å². The molecular formula is C21H26N6O6. The van der Waals surface area contributed by atoms with E-state index in [2.05, 4.69) is 43.1 Å². The molecule has 0 atom stereocenters. The van der Waals surface area contributed by atoms with Gasteiger partial charge in [0.15, 0.2) is 0 Å². The van der Waals surface area contributed by atoms with Crippen molar-refractivity contribution in [2.75, 3.05) is 23.4 Å². The van der Waals surface area contributed by atoms with E-state index in [9.17, 15) is 30.3 Å². The second-order valence-corrected chi connectivity index (χ2v) is 8.28. The number of nitro groups is 3. The van der Waals surface area contributed by atoms with E-state index in [1.54, 1.807) is 6.07 Å². The van der Waals surface area contributed by atoms with E-state index in [4.69, 9.17) is 0 Å². The van der Waals surface area contributed by atoms with Crippen LogP contribution in [0.25, 0.3) is 0 Å². The fraction of sp³-hybridized carbons (Fsp3) is 0.381. The van der Waals surface area contributed by atoms with Gasteiger partial charge in [0.1, 0.15) is 5.69 Å². The first-order chi connectivity index (χ1) is 15.5. The van der Waals surface area contributed by atoms with Crippen LogP contribution in [0.3, 0.4) is 0 Å². The van der Waals surface area contributed by atoms with Crippen LogP contribution in [0, 0.1) is 42.2 Å². The first kappa shape index (κ1) is 25.2. The van der Waals surface area contributed by atoms with Crippen LogP contribution in [-0.4, -0.2) is 34.1 Å². The summed E-state index contributed by atoms with van der Waals surface area (Å²) < 4.78 is 0. The number of non-ortho nitro benzene ring substituents is 2. The Labute approximate surface area is 190 Å². The minimum atomic E-state index is -0.753. The number of nitrogens with zero attached hydrogens (tertiary/aromatic N) is 5. The third-order valence-electron chi connectivity index (χ3n) is 4.51. The molecule has 0 saturated carbocycles. The highest BCUT2D eigenvalue weighted by Crippen LogP contribution is 2.30. The quantitative estimate of drug-likeness (QED) is 0.281. The maximum atomic E-state index is 11.3. The Hall–Kier alpha value is -4.09. The van der Waals surface area contributed by atoms with Gasteiger partial charge < -0.3 is 4.90 Å². The molecule has 0 heterocycles. The predicted octanol–water partition coefficient (Wildman–Crippen LogP) is 4.98. The highest BCUT2D eigenvalue weighted by atomic mass is 16.6. The standard InChI is InChI=1S/C21H26N6O6/c1-14(2)12-24(13-15(3)4)20-8-6-17(25(28)29)9-16(20)11-22-23-19-7-5-18(26(30)31)10-21(19)27(32)33/h5-11,14-15,23H,12-13H2,1-4H3. The lowest BCUT2D eigenvalue weighted by molar-refractivity contribution is -0.393. The molecule has 0 aliphatic rings. The van der Waals surface area contributed by atoms with Crippen LogP contribution in [0.15, 0.2) is 41.5 Å². The largest absolute Gasteiger partial charge is 0.370 e. The van der Waals surface area contributed by atoms with E-state index in [1.165, 1.54) is 24.4 Å². The van der Waals surface area contributed by atoms with Crippen molar-refractivity contribution >= 4 is 34.7 Å². The molecule has 2 aromatic carbocycles. The monoisotopic (exact) mass is 458 g/mol. The molecule has 0 spiro atoms. The molecule has 0 amide bonds. The zero-order valence-corrected chi connectivity index (χ0v) is 18.8. The molecular weight excluding hydrogens is 432 g/mol. The molecule has 0 fully saturated rings. The fourth-order valence-electron chi connectivity index (χ4n) is 3.25. The van der Waals surface area contributed by atoms with E-state index < -0.39 is 26.1 Å². The first-order valence-corrected chi connectivity index (χ1v) is 10.2. The summed E-state index contributed by atoms with van der Waals surface area (Å²) in [6.45, 7) is 9.73. The van der Waals surface area contributed by atoms with Crippen LogP contribution in [-0.2, 0) is 0 Å². The molecule has 33 heavy (non-hydrogen) atoms. The van der Waals surface area contributed by atoms with Gasteiger partial charge in [-0.1, -0.05) is 27.7 Å². The minimum absolute atomic E-state index is 0.0463. The lowest BCUT2D eigenvalue weighted by Crippen LogP contribution is -2.32. The molecule has 0 aromatic heterocycles. The third-order valence-corrected chi connectivity index (χ3v) is 4.51. The normalized spacial score (nSPS) is 11.2. The topological polar surface area (TPSA) is 157 Å².